The van der Waals surface area contributed by atoms with Gasteiger partial charge in [0.25, 0.3) is 0 Å². The molecule has 1 saturated heterocycles. The van der Waals surface area contributed by atoms with E-state index in [1.807, 2.05) is 45.0 Å². The molecule has 1 aromatic rings. The third-order valence-corrected chi connectivity index (χ3v) is 5.16. The molecule has 3 rings (SSSR count). The number of carbonyl (C=O) groups excluding carboxylic acids is 1. The van der Waals surface area contributed by atoms with E-state index in [2.05, 4.69) is 24.5 Å². The van der Waals surface area contributed by atoms with Crippen LogP contribution in [0.25, 0.3) is 0 Å². The van der Waals surface area contributed by atoms with Crippen LogP contribution in [0.2, 0.25) is 0 Å². The Bertz CT molecular complexity index is 636. The van der Waals surface area contributed by atoms with Crippen LogP contribution in [0.5, 0.6) is 0 Å². The van der Waals surface area contributed by atoms with Gasteiger partial charge in [0.2, 0.25) is 0 Å². The fraction of sp³-hybridized carbons (Fsp3) is 0.650. The Morgan fingerprint density at radius 1 is 1.28 bits per heavy atom. The minimum Gasteiger partial charge on any atom is -0.444 e. The molecule has 0 aromatic heterocycles. The van der Waals surface area contributed by atoms with E-state index in [1.54, 1.807) is 0 Å². The van der Waals surface area contributed by atoms with Crippen LogP contribution in [0.4, 0.5) is 16.2 Å². The largest absolute Gasteiger partial charge is 0.444 e. The average Bonchev–Trinajstić information content (AvgIpc) is 2.51. The molecule has 3 atom stereocenters. The maximum absolute atomic E-state index is 11.9. The molecule has 0 radical (unpaired) electrons. The van der Waals surface area contributed by atoms with Gasteiger partial charge in [-0.15, -0.1) is 0 Å². The van der Waals surface area contributed by atoms with E-state index >= 15 is 0 Å². The van der Waals surface area contributed by atoms with E-state index < -0.39 is 11.7 Å². The van der Waals surface area contributed by atoms with Crippen molar-refractivity contribution in [2.75, 3.05) is 17.2 Å². The van der Waals surface area contributed by atoms with Gasteiger partial charge in [0.1, 0.15) is 5.60 Å². The summed E-state index contributed by atoms with van der Waals surface area (Å²) in [6.07, 6.45) is 2.26. The predicted molar refractivity (Wildman–Crippen MR) is 100.0 cm³/mol. The van der Waals surface area contributed by atoms with E-state index in [1.165, 1.54) is 6.42 Å². The summed E-state index contributed by atoms with van der Waals surface area (Å²) >= 11 is 0. The quantitative estimate of drug-likeness (QED) is 0.836. The third-order valence-electron chi connectivity index (χ3n) is 5.16. The van der Waals surface area contributed by atoms with Gasteiger partial charge in [-0.25, -0.2) is 4.79 Å². The molecule has 138 valence electrons. The first-order valence-corrected chi connectivity index (χ1v) is 9.15. The molecule has 2 aliphatic rings. The molecule has 1 amide bonds. The Hall–Kier alpha value is -1.75. The maximum atomic E-state index is 11.9. The van der Waals surface area contributed by atoms with E-state index in [9.17, 15) is 4.79 Å². The molecule has 2 fully saturated rings. The summed E-state index contributed by atoms with van der Waals surface area (Å²) < 4.78 is 11.3. The summed E-state index contributed by atoms with van der Waals surface area (Å²) in [4.78, 5) is 11.9. The van der Waals surface area contributed by atoms with Crippen LogP contribution in [0.3, 0.4) is 0 Å². The monoisotopic (exact) mass is 346 g/mol. The minimum atomic E-state index is -0.508. The molecule has 0 bridgehead atoms. The highest BCUT2D eigenvalue weighted by Gasteiger charge is 2.57. The van der Waals surface area contributed by atoms with Crippen LogP contribution in [0, 0.1) is 11.3 Å². The third kappa shape index (κ3) is 3.92. The van der Waals surface area contributed by atoms with Crippen molar-refractivity contribution in [1.29, 1.82) is 0 Å². The van der Waals surface area contributed by atoms with Crippen LogP contribution < -0.4 is 10.6 Å². The highest BCUT2D eigenvalue weighted by molar-refractivity contribution is 5.85. The number of nitrogens with one attached hydrogen (secondary N) is 2. The van der Waals surface area contributed by atoms with Crippen molar-refractivity contribution in [3.8, 4) is 0 Å². The lowest BCUT2D eigenvalue weighted by atomic mass is 9.55. The zero-order valence-electron chi connectivity index (χ0n) is 15.9. The van der Waals surface area contributed by atoms with Crippen molar-refractivity contribution in [3.05, 3.63) is 24.3 Å². The van der Waals surface area contributed by atoms with Crippen molar-refractivity contribution in [1.82, 2.24) is 0 Å². The van der Waals surface area contributed by atoms with E-state index in [4.69, 9.17) is 9.47 Å². The Balaban J connectivity index is 1.65. The number of carbonyl (C=O) groups is 1. The van der Waals surface area contributed by atoms with Gasteiger partial charge in [-0.3, -0.25) is 5.32 Å². The van der Waals surface area contributed by atoms with Gasteiger partial charge in [-0.1, -0.05) is 19.9 Å². The number of ether oxygens (including phenoxy) is 2. The SMILES string of the molecule is CC(C)(C)OC(=O)Nc1cccc(NC2C3CCCOC3C2(C)C)c1. The number of anilines is 2. The van der Waals surface area contributed by atoms with Gasteiger partial charge >= 0.3 is 6.09 Å². The van der Waals surface area contributed by atoms with Gasteiger partial charge in [0.15, 0.2) is 0 Å². The summed E-state index contributed by atoms with van der Waals surface area (Å²) in [7, 11) is 0. The second-order valence-electron chi connectivity index (χ2n) is 8.75. The van der Waals surface area contributed by atoms with Crippen molar-refractivity contribution < 1.29 is 14.3 Å². The van der Waals surface area contributed by atoms with Crippen LogP contribution in [-0.4, -0.2) is 30.4 Å². The van der Waals surface area contributed by atoms with Crippen LogP contribution in [-0.2, 0) is 9.47 Å². The molecule has 2 N–H and O–H groups in total. The van der Waals surface area contributed by atoms with Gasteiger partial charge in [-0.05, 0) is 51.8 Å². The molecule has 25 heavy (non-hydrogen) atoms. The normalized spacial score (nSPS) is 27.6. The number of rotatable bonds is 3. The fourth-order valence-electron chi connectivity index (χ4n) is 4.10. The van der Waals surface area contributed by atoms with E-state index in [0.717, 1.165) is 24.4 Å². The van der Waals surface area contributed by atoms with Gasteiger partial charge < -0.3 is 14.8 Å². The Morgan fingerprint density at radius 3 is 2.72 bits per heavy atom. The highest BCUT2D eigenvalue weighted by atomic mass is 16.6. The van der Waals surface area contributed by atoms with Crippen LogP contribution in [0.1, 0.15) is 47.5 Å². The Labute approximate surface area is 150 Å². The molecule has 0 spiro atoms. The summed E-state index contributed by atoms with van der Waals surface area (Å²) in [5.74, 6) is 0.561. The number of hydrogen-bond acceptors (Lipinski definition) is 4. The number of fused-ring (bicyclic) bond motifs is 1. The lowest BCUT2D eigenvalue weighted by Crippen LogP contribution is -2.67. The first kappa shape index (κ1) is 18.1. The molecule has 1 aromatic carbocycles. The topological polar surface area (TPSA) is 59.6 Å². The molecule has 3 unspecified atom stereocenters. The number of amides is 1. The lowest BCUT2D eigenvalue weighted by molar-refractivity contribution is -0.177. The molecule has 1 saturated carbocycles. The highest BCUT2D eigenvalue weighted by Crippen LogP contribution is 2.52. The first-order chi connectivity index (χ1) is 11.7. The summed E-state index contributed by atoms with van der Waals surface area (Å²) in [5, 5.41) is 6.46. The second kappa shape index (κ2) is 6.52. The van der Waals surface area contributed by atoms with Crippen LogP contribution in [0.15, 0.2) is 24.3 Å². The Kier molecular flexibility index (Phi) is 4.71. The molecule has 5 heteroatoms. The van der Waals surface area contributed by atoms with Crippen molar-refractivity contribution in [3.63, 3.8) is 0 Å². The summed E-state index contributed by atoms with van der Waals surface area (Å²) in [6, 6.07) is 8.18. The number of benzene rings is 1. The zero-order chi connectivity index (χ0) is 18.2. The Morgan fingerprint density at radius 2 is 2.00 bits per heavy atom. The predicted octanol–water partition coefficient (Wildman–Crippen LogP) is 4.65. The average molecular weight is 346 g/mol. The smallest absolute Gasteiger partial charge is 0.412 e. The van der Waals surface area contributed by atoms with Gasteiger partial charge in [-0.2, -0.15) is 0 Å². The van der Waals surface area contributed by atoms with Crippen molar-refractivity contribution in [2.24, 2.45) is 11.3 Å². The lowest BCUT2D eigenvalue weighted by Gasteiger charge is -2.60. The number of hydrogen-bond donors (Lipinski definition) is 2. The molecule has 1 heterocycles. The first-order valence-electron chi connectivity index (χ1n) is 9.15. The van der Waals surface area contributed by atoms with Gasteiger partial charge in [0.05, 0.1) is 6.10 Å². The molecule has 5 nitrogen and oxygen atoms in total. The molecule has 1 aliphatic carbocycles. The van der Waals surface area contributed by atoms with Crippen LogP contribution >= 0.6 is 0 Å². The summed E-state index contributed by atoms with van der Waals surface area (Å²) in [6.45, 7) is 11.0. The van der Waals surface area contributed by atoms with Crippen molar-refractivity contribution >= 4 is 17.5 Å². The second-order valence-corrected chi connectivity index (χ2v) is 8.75. The summed E-state index contributed by atoms with van der Waals surface area (Å²) in [5.41, 5.74) is 1.34. The van der Waals surface area contributed by atoms with E-state index in [0.29, 0.717) is 18.1 Å². The standard InChI is InChI=1S/C20H30N2O3/c1-19(2,3)25-18(23)22-14-9-6-8-13(12-14)21-16-15-10-7-11-24-17(15)20(16,4)5/h6,8-9,12,15-17,21H,7,10-11H2,1-5H3,(H,22,23). The van der Waals surface area contributed by atoms with Crippen molar-refractivity contribution in [2.45, 2.75) is 65.2 Å². The fourth-order valence-corrected chi connectivity index (χ4v) is 4.10. The maximum Gasteiger partial charge on any atom is 0.412 e. The van der Waals surface area contributed by atoms with E-state index in [-0.39, 0.29) is 5.41 Å². The minimum absolute atomic E-state index is 0.111. The molecular formula is C20H30N2O3. The zero-order valence-corrected chi connectivity index (χ0v) is 15.9. The van der Waals surface area contributed by atoms with Gasteiger partial charge in [0, 0.05) is 35.4 Å². The molecule has 1 aliphatic heterocycles. The molecular weight excluding hydrogens is 316 g/mol.